The van der Waals surface area contributed by atoms with Crippen molar-refractivity contribution in [1.29, 1.82) is 0 Å². The van der Waals surface area contributed by atoms with Gasteiger partial charge in [0.15, 0.2) is 9.84 Å². The number of nitrogens with one attached hydrogen (secondary N) is 1. The number of benzene rings is 2. The van der Waals surface area contributed by atoms with E-state index in [-0.39, 0.29) is 15.6 Å². The summed E-state index contributed by atoms with van der Waals surface area (Å²) in [6, 6.07) is 11.1. The van der Waals surface area contributed by atoms with Crippen molar-refractivity contribution in [2.45, 2.75) is 31.3 Å². The van der Waals surface area contributed by atoms with Crippen molar-refractivity contribution in [3.63, 3.8) is 0 Å². The molecule has 31 heavy (non-hydrogen) atoms. The number of aryl methyl sites for hydroxylation is 1. The standard InChI is InChI=1S/C22H22ClFN2O4S/c1-13(27)10-16-12-19(14(2)25-16)22(28)26(21-9-4-15(24)11-20(21)23)17-5-7-18(8-6-17)31(3,29)30/h4-9,11-13,25,27H,10H2,1-3H3/t13-/m0/s1. The number of carbonyl (C=O) groups is 1. The largest absolute Gasteiger partial charge is 0.393 e. The first-order valence-electron chi connectivity index (χ1n) is 9.43. The number of hydrogen-bond acceptors (Lipinski definition) is 4. The molecule has 0 spiro atoms. The fourth-order valence-corrected chi connectivity index (χ4v) is 4.15. The van der Waals surface area contributed by atoms with Gasteiger partial charge < -0.3 is 10.1 Å². The lowest BCUT2D eigenvalue weighted by atomic mass is 10.1. The van der Waals surface area contributed by atoms with Gasteiger partial charge in [0.05, 0.1) is 27.3 Å². The van der Waals surface area contributed by atoms with Gasteiger partial charge in [-0.15, -0.1) is 0 Å². The summed E-state index contributed by atoms with van der Waals surface area (Å²) in [5.74, 6) is -0.989. The van der Waals surface area contributed by atoms with Crippen molar-refractivity contribution in [1.82, 2.24) is 4.98 Å². The zero-order valence-corrected chi connectivity index (χ0v) is 18.8. The molecule has 1 aromatic heterocycles. The molecule has 0 aliphatic carbocycles. The predicted octanol–water partition coefficient (Wildman–Crippen LogP) is 4.42. The lowest BCUT2D eigenvalue weighted by Crippen LogP contribution is -2.26. The van der Waals surface area contributed by atoms with Crippen molar-refractivity contribution in [2.24, 2.45) is 0 Å². The first kappa shape index (κ1) is 23.0. The topological polar surface area (TPSA) is 90.5 Å². The Morgan fingerprint density at radius 3 is 2.39 bits per heavy atom. The van der Waals surface area contributed by atoms with Crippen LogP contribution in [0.2, 0.25) is 5.02 Å². The van der Waals surface area contributed by atoms with E-state index >= 15 is 0 Å². The molecule has 1 amide bonds. The van der Waals surface area contributed by atoms with Crippen molar-refractivity contribution >= 4 is 38.7 Å². The SMILES string of the molecule is Cc1[nH]c(C[C@H](C)O)cc1C(=O)N(c1ccc(S(C)(=O)=O)cc1)c1ccc(F)cc1Cl. The second-order valence-corrected chi connectivity index (χ2v) is 9.81. The quantitative estimate of drug-likeness (QED) is 0.565. The number of anilines is 2. The maximum atomic E-state index is 13.6. The summed E-state index contributed by atoms with van der Waals surface area (Å²) in [7, 11) is -3.42. The van der Waals surface area contributed by atoms with Gasteiger partial charge in [-0.05, 0) is 62.4 Å². The Kier molecular flexibility index (Phi) is 6.54. The molecule has 164 valence electrons. The van der Waals surface area contributed by atoms with Crippen molar-refractivity contribution in [3.8, 4) is 0 Å². The van der Waals surface area contributed by atoms with Gasteiger partial charge in [-0.2, -0.15) is 0 Å². The molecule has 3 aromatic rings. The summed E-state index contributed by atoms with van der Waals surface area (Å²) in [5.41, 5.74) is 2.25. The highest BCUT2D eigenvalue weighted by Crippen LogP contribution is 2.35. The van der Waals surface area contributed by atoms with Crippen LogP contribution in [0.25, 0.3) is 0 Å². The van der Waals surface area contributed by atoms with E-state index in [0.717, 1.165) is 12.3 Å². The van der Waals surface area contributed by atoms with Gasteiger partial charge in [-0.1, -0.05) is 11.6 Å². The number of halogens is 2. The highest BCUT2D eigenvalue weighted by atomic mass is 35.5. The van der Waals surface area contributed by atoms with Crippen LogP contribution in [0, 0.1) is 12.7 Å². The number of aromatic amines is 1. The van der Waals surface area contributed by atoms with Crippen molar-refractivity contribution < 1.29 is 22.7 Å². The molecule has 0 saturated heterocycles. The molecule has 1 atom stereocenters. The number of amides is 1. The van der Waals surface area contributed by atoms with Gasteiger partial charge in [-0.3, -0.25) is 9.69 Å². The third-order valence-corrected chi connectivity index (χ3v) is 6.12. The normalized spacial score (nSPS) is 12.6. The van der Waals surface area contributed by atoms with Crippen LogP contribution in [0.4, 0.5) is 15.8 Å². The highest BCUT2D eigenvalue weighted by molar-refractivity contribution is 7.90. The van der Waals surface area contributed by atoms with Gasteiger partial charge in [-0.25, -0.2) is 12.8 Å². The summed E-state index contributed by atoms with van der Waals surface area (Å²) < 4.78 is 37.2. The van der Waals surface area contributed by atoms with E-state index in [0.29, 0.717) is 29.1 Å². The van der Waals surface area contributed by atoms with Crippen LogP contribution in [-0.2, 0) is 16.3 Å². The van der Waals surface area contributed by atoms with Crippen molar-refractivity contribution in [3.05, 3.63) is 76.3 Å². The Bertz CT molecular complexity index is 1220. The van der Waals surface area contributed by atoms with Crippen LogP contribution < -0.4 is 4.90 Å². The number of hydrogen-bond donors (Lipinski definition) is 2. The van der Waals surface area contributed by atoms with E-state index in [2.05, 4.69) is 4.98 Å². The summed E-state index contributed by atoms with van der Waals surface area (Å²) >= 11 is 6.25. The van der Waals surface area contributed by atoms with E-state index in [9.17, 15) is 22.7 Å². The van der Waals surface area contributed by atoms with Gasteiger partial charge in [0, 0.05) is 29.8 Å². The third-order valence-electron chi connectivity index (χ3n) is 4.69. The number of sulfone groups is 1. The summed E-state index contributed by atoms with van der Waals surface area (Å²) in [6.45, 7) is 3.38. The molecule has 9 heteroatoms. The Morgan fingerprint density at radius 2 is 1.84 bits per heavy atom. The maximum Gasteiger partial charge on any atom is 0.264 e. The average Bonchev–Trinajstić information content (AvgIpc) is 3.02. The zero-order valence-electron chi connectivity index (χ0n) is 17.2. The second kappa shape index (κ2) is 8.82. The van der Waals surface area contributed by atoms with Gasteiger partial charge >= 0.3 is 0 Å². The molecule has 0 aliphatic heterocycles. The minimum atomic E-state index is -3.42. The molecule has 2 aromatic carbocycles. The first-order chi connectivity index (χ1) is 14.5. The van der Waals surface area contributed by atoms with Crippen molar-refractivity contribution in [2.75, 3.05) is 11.2 Å². The molecular formula is C22H22ClFN2O4S. The first-order valence-corrected chi connectivity index (χ1v) is 11.7. The van der Waals surface area contributed by atoms with Crippen LogP contribution in [-0.4, -0.2) is 36.8 Å². The highest BCUT2D eigenvalue weighted by Gasteiger charge is 2.25. The number of H-pyrrole nitrogens is 1. The monoisotopic (exact) mass is 464 g/mol. The predicted molar refractivity (Wildman–Crippen MR) is 118 cm³/mol. The summed E-state index contributed by atoms with van der Waals surface area (Å²) in [6.07, 6.45) is 0.843. The molecule has 0 aliphatic rings. The molecule has 0 radical (unpaired) electrons. The van der Waals surface area contributed by atoms with Crippen LogP contribution in [0.15, 0.2) is 53.4 Å². The second-order valence-electron chi connectivity index (χ2n) is 7.39. The van der Waals surface area contributed by atoms with E-state index in [4.69, 9.17) is 11.6 Å². The molecule has 3 rings (SSSR count). The van der Waals surface area contributed by atoms with Crippen LogP contribution in [0.5, 0.6) is 0 Å². The molecular weight excluding hydrogens is 443 g/mol. The smallest absolute Gasteiger partial charge is 0.264 e. The molecule has 0 unspecified atom stereocenters. The van der Waals surface area contributed by atoms with Crippen LogP contribution in [0.1, 0.15) is 28.7 Å². The lowest BCUT2D eigenvalue weighted by molar-refractivity contribution is 0.0998. The Hall–Kier alpha value is -2.68. The average molecular weight is 465 g/mol. The number of aromatic nitrogens is 1. The Labute approximate surface area is 185 Å². The van der Waals surface area contributed by atoms with E-state index in [1.165, 1.54) is 41.3 Å². The minimum absolute atomic E-state index is 0.0259. The number of carbonyl (C=O) groups excluding carboxylic acids is 1. The maximum absolute atomic E-state index is 13.6. The van der Waals surface area contributed by atoms with Crippen LogP contribution >= 0.6 is 11.6 Å². The number of aliphatic hydroxyl groups is 1. The molecule has 0 saturated carbocycles. The van der Waals surface area contributed by atoms with E-state index < -0.39 is 27.7 Å². The summed E-state index contributed by atoms with van der Waals surface area (Å²) in [4.78, 5) is 18.0. The third kappa shape index (κ3) is 5.15. The van der Waals surface area contributed by atoms with Crippen LogP contribution in [0.3, 0.4) is 0 Å². The molecule has 6 nitrogen and oxygen atoms in total. The fraction of sp³-hybridized carbons (Fsp3) is 0.227. The van der Waals surface area contributed by atoms with Gasteiger partial charge in [0.25, 0.3) is 5.91 Å². The number of aliphatic hydroxyl groups excluding tert-OH is 1. The number of rotatable bonds is 6. The minimum Gasteiger partial charge on any atom is -0.393 e. The molecule has 0 fully saturated rings. The molecule has 1 heterocycles. The zero-order chi connectivity index (χ0) is 22.9. The Balaban J connectivity index is 2.12. The van der Waals surface area contributed by atoms with Gasteiger partial charge in [0.2, 0.25) is 0 Å². The van der Waals surface area contributed by atoms with E-state index in [1.807, 2.05) is 0 Å². The van der Waals surface area contributed by atoms with Gasteiger partial charge in [0.1, 0.15) is 5.82 Å². The van der Waals surface area contributed by atoms with E-state index in [1.54, 1.807) is 19.9 Å². The fourth-order valence-electron chi connectivity index (χ4n) is 3.27. The molecule has 0 bridgehead atoms. The summed E-state index contributed by atoms with van der Waals surface area (Å²) in [5, 5.41) is 9.67. The lowest BCUT2D eigenvalue weighted by Gasteiger charge is -2.24. The molecule has 2 N–H and O–H groups in total. The Morgan fingerprint density at radius 1 is 1.19 bits per heavy atom. The number of nitrogens with zero attached hydrogens (tertiary/aromatic N) is 1.